The lowest BCUT2D eigenvalue weighted by Gasteiger charge is -2.25. The Balaban J connectivity index is 2.51. The molecule has 4 heteroatoms. The van der Waals surface area contributed by atoms with Crippen LogP contribution in [0.25, 0.3) is 0 Å². The molecule has 0 aromatic heterocycles. The van der Waals surface area contributed by atoms with Crippen molar-refractivity contribution in [3.8, 4) is 0 Å². The van der Waals surface area contributed by atoms with Gasteiger partial charge < -0.3 is 19.7 Å². The maximum Gasteiger partial charge on any atom is 0.168 e. The Bertz CT molecular complexity index is 156. The fraction of sp³-hybridized carbons (Fsp3) is 1.00. The van der Waals surface area contributed by atoms with Gasteiger partial charge in [0.2, 0.25) is 0 Å². The lowest BCUT2D eigenvalue weighted by Crippen LogP contribution is -2.35. The van der Waals surface area contributed by atoms with Gasteiger partial charge in [-0.3, -0.25) is 0 Å². The summed E-state index contributed by atoms with van der Waals surface area (Å²) in [6.45, 7) is 4.05. The number of hydrogen-bond acceptors (Lipinski definition) is 4. The zero-order chi connectivity index (χ0) is 9.90. The van der Waals surface area contributed by atoms with Gasteiger partial charge in [0.1, 0.15) is 12.2 Å². The molecule has 0 aromatic rings. The first-order chi connectivity index (χ1) is 6.17. The minimum Gasteiger partial charge on any atom is -0.394 e. The standard InChI is InChI=1S/C9H18O4/c1-3-9(4-2)12-6-8(13-9)7(11)5-10/h7-8,10-11H,3-6H2,1-2H3/t7-,8+/m1/s1. The van der Waals surface area contributed by atoms with E-state index in [9.17, 15) is 5.11 Å². The molecule has 0 spiro atoms. The van der Waals surface area contributed by atoms with E-state index in [1.165, 1.54) is 0 Å². The van der Waals surface area contributed by atoms with Gasteiger partial charge in [-0.1, -0.05) is 13.8 Å². The molecule has 2 atom stereocenters. The molecule has 1 aliphatic rings. The summed E-state index contributed by atoms with van der Waals surface area (Å²) in [4.78, 5) is 0. The topological polar surface area (TPSA) is 58.9 Å². The molecule has 1 aliphatic heterocycles. The lowest BCUT2D eigenvalue weighted by molar-refractivity contribution is -0.183. The van der Waals surface area contributed by atoms with E-state index in [-0.39, 0.29) is 12.7 Å². The Morgan fingerprint density at radius 1 is 1.46 bits per heavy atom. The first-order valence-electron chi connectivity index (χ1n) is 4.78. The van der Waals surface area contributed by atoms with E-state index in [2.05, 4.69) is 0 Å². The maximum atomic E-state index is 9.33. The van der Waals surface area contributed by atoms with Crippen molar-refractivity contribution in [2.45, 2.75) is 44.7 Å². The third kappa shape index (κ3) is 2.20. The average Bonchev–Trinajstić information content (AvgIpc) is 2.61. The molecule has 1 rings (SSSR count). The van der Waals surface area contributed by atoms with Crippen molar-refractivity contribution >= 4 is 0 Å². The van der Waals surface area contributed by atoms with Crippen molar-refractivity contribution in [3.63, 3.8) is 0 Å². The van der Waals surface area contributed by atoms with E-state index in [4.69, 9.17) is 14.6 Å². The smallest absolute Gasteiger partial charge is 0.168 e. The molecule has 0 aliphatic carbocycles. The molecule has 13 heavy (non-hydrogen) atoms. The van der Waals surface area contributed by atoms with Crippen LogP contribution in [0.3, 0.4) is 0 Å². The van der Waals surface area contributed by atoms with E-state index in [1.807, 2.05) is 13.8 Å². The summed E-state index contributed by atoms with van der Waals surface area (Å²) in [5.74, 6) is -0.541. The number of aliphatic hydroxyl groups is 2. The van der Waals surface area contributed by atoms with E-state index in [0.717, 1.165) is 12.8 Å². The van der Waals surface area contributed by atoms with Crippen LogP contribution in [-0.2, 0) is 9.47 Å². The van der Waals surface area contributed by atoms with Crippen molar-refractivity contribution in [2.24, 2.45) is 0 Å². The Hall–Kier alpha value is -0.160. The molecule has 0 aromatic carbocycles. The molecule has 1 fully saturated rings. The van der Waals surface area contributed by atoms with Crippen LogP contribution in [0.2, 0.25) is 0 Å². The summed E-state index contributed by atoms with van der Waals surface area (Å²) in [6, 6.07) is 0. The molecular weight excluding hydrogens is 172 g/mol. The Labute approximate surface area is 78.5 Å². The van der Waals surface area contributed by atoms with Gasteiger partial charge in [0.15, 0.2) is 5.79 Å². The largest absolute Gasteiger partial charge is 0.394 e. The summed E-state index contributed by atoms with van der Waals surface area (Å²) in [5.41, 5.74) is 0. The van der Waals surface area contributed by atoms with Crippen LogP contribution in [0.15, 0.2) is 0 Å². The summed E-state index contributed by atoms with van der Waals surface area (Å²) in [6.07, 6.45) is 0.306. The fourth-order valence-electron chi connectivity index (χ4n) is 1.51. The maximum absolute atomic E-state index is 9.33. The molecule has 4 nitrogen and oxygen atoms in total. The summed E-state index contributed by atoms with van der Waals surface area (Å²) in [5, 5.41) is 18.1. The minimum absolute atomic E-state index is 0.280. The highest BCUT2D eigenvalue weighted by atomic mass is 16.7. The highest BCUT2D eigenvalue weighted by Crippen LogP contribution is 2.31. The molecule has 78 valence electrons. The molecule has 2 N–H and O–H groups in total. The molecule has 1 heterocycles. The van der Waals surface area contributed by atoms with Gasteiger partial charge in [-0.2, -0.15) is 0 Å². The van der Waals surface area contributed by atoms with Crippen molar-refractivity contribution in [1.29, 1.82) is 0 Å². The summed E-state index contributed by atoms with van der Waals surface area (Å²) < 4.78 is 11.0. The van der Waals surface area contributed by atoms with Gasteiger partial charge in [0.25, 0.3) is 0 Å². The molecule has 0 saturated carbocycles. The van der Waals surface area contributed by atoms with Crippen molar-refractivity contribution in [2.75, 3.05) is 13.2 Å². The number of rotatable bonds is 4. The number of ether oxygens (including phenoxy) is 2. The fourth-order valence-corrected chi connectivity index (χ4v) is 1.51. The number of hydrogen-bond donors (Lipinski definition) is 2. The van der Waals surface area contributed by atoms with E-state index >= 15 is 0 Å². The van der Waals surface area contributed by atoms with Gasteiger partial charge in [-0.15, -0.1) is 0 Å². The Morgan fingerprint density at radius 3 is 2.46 bits per heavy atom. The lowest BCUT2D eigenvalue weighted by atomic mass is 10.1. The van der Waals surface area contributed by atoms with Gasteiger partial charge in [0, 0.05) is 0 Å². The SMILES string of the molecule is CCC1(CC)OC[C@@H]([C@H](O)CO)O1. The summed E-state index contributed by atoms with van der Waals surface area (Å²) >= 11 is 0. The monoisotopic (exact) mass is 190 g/mol. The predicted molar refractivity (Wildman–Crippen MR) is 47.2 cm³/mol. The molecule has 0 bridgehead atoms. The van der Waals surface area contributed by atoms with Gasteiger partial charge in [-0.25, -0.2) is 0 Å². The second-order valence-corrected chi connectivity index (χ2v) is 3.34. The summed E-state index contributed by atoms with van der Waals surface area (Å²) in [7, 11) is 0. The van der Waals surface area contributed by atoms with Crippen molar-refractivity contribution in [3.05, 3.63) is 0 Å². The van der Waals surface area contributed by atoms with Crippen LogP contribution >= 0.6 is 0 Å². The quantitative estimate of drug-likeness (QED) is 0.668. The second kappa shape index (κ2) is 4.37. The van der Waals surface area contributed by atoms with E-state index < -0.39 is 11.9 Å². The second-order valence-electron chi connectivity index (χ2n) is 3.34. The first kappa shape index (κ1) is 10.9. The highest BCUT2D eigenvalue weighted by Gasteiger charge is 2.40. The van der Waals surface area contributed by atoms with Gasteiger partial charge in [0.05, 0.1) is 13.2 Å². The molecule has 0 amide bonds. The predicted octanol–water partition coefficient (Wildman–Crippen LogP) is 0.271. The number of aliphatic hydroxyl groups excluding tert-OH is 2. The van der Waals surface area contributed by atoms with Crippen LogP contribution in [0.1, 0.15) is 26.7 Å². The minimum atomic E-state index is -0.833. The third-order valence-electron chi connectivity index (χ3n) is 2.57. The zero-order valence-electron chi connectivity index (χ0n) is 8.19. The van der Waals surface area contributed by atoms with Crippen molar-refractivity contribution in [1.82, 2.24) is 0 Å². The Morgan fingerprint density at radius 2 is 2.08 bits per heavy atom. The van der Waals surface area contributed by atoms with Crippen molar-refractivity contribution < 1.29 is 19.7 Å². The molecule has 0 radical (unpaired) electrons. The Kier molecular flexibility index (Phi) is 3.67. The first-order valence-corrected chi connectivity index (χ1v) is 4.78. The van der Waals surface area contributed by atoms with Gasteiger partial charge in [-0.05, 0) is 12.8 Å². The molecule has 0 unspecified atom stereocenters. The average molecular weight is 190 g/mol. The van der Waals surface area contributed by atoms with Crippen LogP contribution in [0, 0.1) is 0 Å². The normalized spacial score (nSPS) is 29.1. The van der Waals surface area contributed by atoms with Gasteiger partial charge >= 0.3 is 0 Å². The van der Waals surface area contributed by atoms with E-state index in [0.29, 0.717) is 6.61 Å². The van der Waals surface area contributed by atoms with Crippen LogP contribution in [0.4, 0.5) is 0 Å². The van der Waals surface area contributed by atoms with Crippen LogP contribution < -0.4 is 0 Å². The van der Waals surface area contributed by atoms with Crippen LogP contribution in [-0.4, -0.2) is 41.4 Å². The van der Waals surface area contributed by atoms with Crippen LogP contribution in [0.5, 0.6) is 0 Å². The molecular formula is C9H18O4. The highest BCUT2D eigenvalue weighted by molar-refractivity contribution is 4.80. The molecule has 1 saturated heterocycles. The van der Waals surface area contributed by atoms with E-state index in [1.54, 1.807) is 0 Å². The third-order valence-corrected chi connectivity index (χ3v) is 2.57. The zero-order valence-corrected chi connectivity index (χ0v) is 8.19.